The molecule has 52 valence electrons. The third-order valence-electron chi connectivity index (χ3n) is 1.14. The maximum absolute atomic E-state index is 5.02. The minimum atomic E-state index is 0.554. The molecule has 0 atom stereocenters. The monoisotopic (exact) mass is 158 g/mol. The van der Waals surface area contributed by atoms with Crippen LogP contribution in [0.2, 0.25) is 0 Å². The van der Waals surface area contributed by atoms with Crippen molar-refractivity contribution >= 4 is 61.6 Å². The quantitative estimate of drug-likeness (QED) is 0.222. The van der Waals surface area contributed by atoms with Gasteiger partial charge in [-0.2, -0.15) is 0 Å². The van der Waals surface area contributed by atoms with E-state index in [-0.39, 0.29) is 0 Å². The van der Waals surface area contributed by atoms with Gasteiger partial charge in [0.25, 0.3) is 0 Å². The van der Waals surface area contributed by atoms with E-state index in [0.29, 0.717) is 6.61 Å². The van der Waals surface area contributed by atoms with Crippen LogP contribution >= 0.6 is 0 Å². The SMILES string of the molecule is BB=BB=BB=BB=BOCC=C. The molecule has 0 aromatic rings. The summed E-state index contributed by atoms with van der Waals surface area (Å²) < 4.78 is 5.02. The van der Waals surface area contributed by atoms with Crippen LogP contribution in [0.4, 0.5) is 0 Å². The summed E-state index contributed by atoms with van der Waals surface area (Å²) >= 11 is 0. The molecule has 10 heteroatoms. The summed E-state index contributed by atoms with van der Waals surface area (Å²) in [5.74, 6) is 0. The van der Waals surface area contributed by atoms with Gasteiger partial charge in [0.15, 0.2) is 0 Å². The molecule has 0 N–H and O–H groups in total. The minimum absolute atomic E-state index is 0.554. The number of rotatable bonds is 6. The summed E-state index contributed by atoms with van der Waals surface area (Å²) in [5, 5.41) is 0. The molecular formula is C3H7B9O. The zero-order valence-electron chi connectivity index (χ0n) is 8.02. The molecule has 0 amide bonds. The van der Waals surface area contributed by atoms with Crippen molar-refractivity contribution in [2.75, 3.05) is 6.61 Å². The van der Waals surface area contributed by atoms with Gasteiger partial charge in [-0.05, 0) is 0 Å². The van der Waals surface area contributed by atoms with Crippen molar-refractivity contribution in [1.82, 2.24) is 0 Å². The van der Waals surface area contributed by atoms with Gasteiger partial charge in [-0.25, -0.2) is 0 Å². The van der Waals surface area contributed by atoms with Crippen LogP contribution < -0.4 is 0 Å². The molecule has 0 unspecified atom stereocenters. The molecule has 0 aliphatic heterocycles. The third kappa shape index (κ3) is 12.1. The number of hydrogen-bond donors (Lipinski definition) is 0. The van der Waals surface area contributed by atoms with E-state index in [2.05, 4.69) is 6.58 Å². The van der Waals surface area contributed by atoms with Gasteiger partial charge in [0.2, 0.25) is 0 Å². The Balaban J connectivity index is 3.50. The molecule has 0 aromatic carbocycles. The first-order chi connectivity index (χ1) is 6.41. The van der Waals surface area contributed by atoms with Crippen LogP contribution in [0.15, 0.2) is 12.7 Å². The summed E-state index contributed by atoms with van der Waals surface area (Å²) in [6, 6.07) is 0. The van der Waals surface area contributed by atoms with Crippen LogP contribution in [0, 0.1) is 0 Å². The van der Waals surface area contributed by atoms with E-state index in [1.54, 1.807) is 13.1 Å². The Hall–Kier alpha value is 0.124. The van der Waals surface area contributed by atoms with Crippen molar-refractivity contribution in [2.24, 2.45) is 0 Å². The van der Waals surface area contributed by atoms with Crippen molar-refractivity contribution in [2.45, 2.75) is 0 Å². The van der Waals surface area contributed by atoms with E-state index in [4.69, 9.17) is 4.65 Å². The van der Waals surface area contributed by atoms with Crippen molar-refractivity contribution in [3.8, 4) is 0 Å². The molecule has 13 heavy (non-hydrogen) atoms. The van der Waals surface area contributed by atoms with Gasteiger partial charge in [-0.1, -0.05) is 0 Å². The van der Waals surface area contributed by atoms with E-state index >= 15 is 0 Å². The van der Waals surface area contributed by atoms with E-state index in [1.807, 2.05) is 54.6 Å². The standard InChI is InChI=1S/C3H7B9O/c1-2-3-13-12-11-10-9-8-7-6-5-4/h2H,1,3-4H2. The Kier molecular flexibility index (Phi) is 12.2. The third-order valence-corrected chi connectivity index (χ3v) is 1.14. The molecule has 0 bridgehead atoms. The van der Waals surface area contributed by atoms with Crippen LogP contribution in [0.25, 0.3) is 0 Å². The van der Waals surface area contributed by atoms with Crippen LogP contribution in [-0.4, -0.2) is 68.2 Å². The van der Waals surface area contributed by atoms with Gasteiger partial charge in [0.05, 0.1) is 0 Å². The van der Waals surface area contributed by atoms with E-state index in [0.717, 1.165) is 0 Å². The van der Waals surface area contributed by atoms with Gasteiger partial charge in [0.1, 0.15) is 0 Å². The Bertz CT molecular complexity index is 229. The molecule has 0 aliphatic carbocycles. The average molecular weight is 156 g/mol. The van der Waals surface area contributed by atoms with Crippen molar-refractivity contribution in [3.63, 3.8) is 0 Å². The van der Waals surface area contributed by atoms with Crippen LogP contribution in [0.3, 0.4) is 0 Å². The molecule has 1 nitrogen and oxygen atoms in total. The van der Waals surface area contributed by atoms with Gasteiger partial charge in [-0.3, -0.25) is 0 Å². The van der Waals surface area contributed by atoms with Gasteiger partial charge in [0, 0.05) is 0 Å². The molecule has 0 saturated heterocycles. The molecule has 0 radical (unpaired) electrons. The van der Waals surface area contributed by atoms with E-state index in [1.165, 1.54) is 0 Å². The first kappa shape index (κ1) is 13.1. The predicted molar refractivity (Wildman–Crippen MR) is 70.7 cm³/mol. The second kappa shape index (κ2) is 12.1. The van der Waals surface area contributed by atoms with Crippen molar-refractivity contribution < 1.29 is 4.65 Å². The molecule has 0 spiro atoms. The first-order valence-electron chi connectivity index (χ1n) is 4.25. The van der Waals surface area contributed by atoms with Crippen LogP contribution in [0.5, 0.6) is 0 Å². The Morgan fingerprint density at radius 2 is 1.69 bits per heavy atom. The molecule has 0 aromatic heterocycles. The first-order valence-corrected chi connectivity index (χ1v) is 4.25. The Labute approximate surface area is 85.9 Å². The zero-order valence-corrected chi connectivity index (χ0v) is 8.02. The van der Waals surface area contributed by atoms with Crippen LogP contribution in [0.1, 0.15) is 0 Å². The molecule has 0 saturated carbocycles. The van der Waals surface area contributed by atoms with Crippen LogP contribution in [-0.2, 0) is 4.65 Å². The fourth-order valence-corrected chi connectivity index (χ4v) is 0.592. The molecule has 0 fully saturated rings. The predicted octanol–water partition coefficient (Wildman–Crippen LogP) is -3.31. The molecule has 0 rings (SSSR count). The summed E-state index contributed by atoms with van der Waals surface area (Å²) in [5.41, 5.74) is 0. The maximum atomic E-state index is 5.02. The topological polar surface area (TPSA) is 9.23 Å². The fourth-order valence-electron chi connectivity index (χ4n) is 0.592. The summed E-state index contributed by atoms with van der Waals surface area (Å²) in [4.78, 5) is 0. The van der Waals surface area contributed by atoms with E-state index < -0.39 is 0 Å². The Morgan fingerprint density at radius 3 is 2.31 bits per heavy atom. The normalized spacial score (nSPS) is 7.38. The zero-order chi connectivity index (χ0) is 9.78. The average Bonchev–Trinajstić information content (AvgIpc) is 2.16. The summed E-state index contributed by atoms with van der Waals surface area (Å²) in [7, 11) is 3.62. The van der Waals surface area contributed by atoms with Gasteiger partial charge < -0.3 is 0 Å². The van der Waals surface area contributed by atoms with E-state index in [9.17, 15) is 0 Å². The van der Waals surface area contributed by atoms with Gasteiger partial charge in [-0.15, -0.1) is 0 Å². The Morgan fingerprint density at radius 1 is 1.08 bits per heavy atom. The second-order valence-corrected chi connectivity index (χ2v) is 2.25. The molecule has 0 aliphatic rings. The second-order valence-electron chi connectivity index (χ2n) is 2.25. The fraction of sp³-hybridized carbons (Fsp3) is 0.333. The van der Waals surface area contributed by atoms with Crippen molar-refractivity contribution in [1.29, 1.82) is 0 Å². The molecular weight excluding hydrogens is 149 g/mol. The summed E-state index contributed by atoms with van der Waals surface area (Å²) in [6.07, 6.45) is 1.71. The summed E-state index contributed by atoms with van der Waals surface area (Å²) in [6.45, 7) is 17.6. The van der Waals surface area contributed by atoms with Gasteiger partial charge >= 0.3 is 85.5 Å². The van der Waals surface area contributed by atoms with Crippen molar-refractivity contribution in [3.05, 3.63) is 12.7 Å². The number of hydrogen-bond acceptors (Lipinski definition) is 1. The molecule has 0 heterocycles.